The second-order valence-electron chi connectivity index (χ2n) is 9.51. The van der Waals surface area contributed by atoms with Crippen LogP contribution in [0.2, 0.25) is 0 Å². The third-order valence-electron chi connectivity index (χ3n) is 6.38. The number of nitrogen functional groups attached to an aromatic ring is 1. The van der Waals surface area contributed by atoms with Gasteiger partial charge in [-0.25, -0.2) is 14.1 Å². The molecule has 2 heterocycles. The molecular weight excluding hydrogens is 569 g/mol. The van der Waals surface area contributed by atoms with Gasteiger partial charge in [-0.3, -0.25) is 9.32 Å². The van der Waals surface area contributed by atoms with Crippen molar-refractivity contribution in [1.29, 1.82) is 0 Å². The number of para-hydroxylation sites is 1. The summed E-state index contributed by atoms with van der Waals surface area (Å²) in [5.41, 5.74) is 5.81. The van der Waals surface area contributed by atoms with E-state index in [1.165, 1.54) is 20.4 Å². The van der Waals surface area contributed by atoms with Crippen LogP contribution in [0.3, 0.4) is 0 Å². The van der Waals surface area contributed by atoms with Gasteiger partial charge in [0.1, 0.15) is 35.8 Å². The molecule has 0 spiro atoms. The van der Waals surface area contributed by atoms with E-state index in [9.17, 15) is 14.5 Å². The first-order valence-electron chi connectivity index (χ1n) is 13.5. The molecule has 3 rings (SSSR count). The Labute approximate surface area is 245 Å². The van der Waals surface area contributed by atoms with Crippen LogP contribution in [0.25, 0.3) is 5.52 Å². The van der Waals surface area contributed by atoms with Crippen molar-refractivity contribution in [1.82, 2.24) is 19.7 Å². The highest BCUT2D eigenvalue weighted by Gasteiger charge is 2.40. The third kappa shape index (κ3) is 9.46. The average Bonchev–Trinajstić information content (AvgIpc) is 3.39. The highest BCUT2D eigenvalue weighted by atomic mass is 31.2. The number of aliphatic hydroxyl groups excluding tert-OH is 1. The van der Waals surface area contributed by atoms with Crippen molar-refractivity contribution in [3.8, 4) is 5.75 Å². The number of ether oxygens (including phenoxy) is 4. The molecule has 0 fully saturated rings. The second-order valence-corrected chi connectivity index (χ2v) is 11.2. The minimum Gasteiger partial charge on any atom is -0.462 e. The van der Waals surface area contributed by atoms with E-state index in [0.717, 1.165) is 0 Å². The molecule has 4 N–H and O–H groups in total. The van der Waals surface area contributed by atoms with Crippen molar-refractivity contribution in [2.45, 2.75) is 44.9 Å². The van der Waals surface area contributed by atoms with E-state index in [2.05, 4.69) is 15.2 Å². The molecule has 0 radical (unpaired) electrons. The van der Waals surface area contributed by atoms with E-state index in [1.54, 1.807) is 53.9 Å². The fraction of sp³-hybridized carbons (Fsp3) is 0.519. The minimum atomic E-state index is -4.21. The van der Waals surface area contributed by atoms with Crippen molar-refractivity contribution in [3.05, 3.63) is 54.5 Å². The molecule has 0 saturated carbocycles. The number of benzene rings is 1. The van der Waals surface area contributed by atoms with Crippen LogP contribution in [-0.2, 0) is 39.3 Å². The summed E-state index contributed by atoms with van der Waals surface area (Å²) in [4.78, 5) is 16.6. The van der Waals surface area contributed by atoms with Gasteiger partial charge in [-0.05, 0) is 45.0 Å². The summed E-state index contributed by atoms with van der Waals surface area (Å²) < 4.78 is 48.3. The zero-order chi connectivity index (χ0) is 30.6. The molecule has 0 aliphatic heterocycles. The predicted octanol–water partition coefficient (Wildman–Crippen LogP) is 2.40. The van der Waals surface area contributed by atoms with E-state index in [-0.39, 0.29) is 32.0 Å². The standard InChI is InChI=1S/C27H40N5O9P/c1-5-37-13-14-38-15-16-39-26(34)20(2)31-42(35,41-22-9-7-6-8-10-22)40-18-27(3,36-4)24(33)17-21-11-12-23-25(28)29-19-30-32(21)23/h6-12,19-20,24,33H,5,13-18H2,1-4H3,(H,31,35)(H2,28,29,30)/t20-,24-,27+,42?/m0/s1. The molecule has 4 atom stereocenters. The zero-order valence-electron chi connectivity index (χ0n) is 24.3. The maximum atomic E-state index is 13.9. The van der Waals surface area contributed by atoms with Crippen LogP contribution in [0.5, 0.6) is 5.75 Å². The molecule has 1 unspecified atom stereocenters. The predicted molar refractivity (Wildman–Crippen MR) is 154 cm³/mol. The Hall–Kier alpha value is -3.10. The van der Waals surface area contributed by atoms with Gasteiger partial charge in [-0.2, -0.15) is 10.2 Å². The van der Waals surface area contributed by atoms with Gasteiger partial charge in [0.05, 0.1) is 32.5 Å². The van der Waals surface area contributed by atoms with Crippen LogP contribution >= 0.6 is 7.75 Å². The van der Waals surface area contributed by atoms with Gasteiger partial charge in [0, 0.05) is 25.8 Å². The number of carbonyl (C=O) groups excluding carboxylic acids is 1. The lowest BCUT2D eigenvalue weighted by Crippen LogP contribution is -2.47. The lowest BCUT2D eigenvalue weighted by molar-refractivity contribution is -0.147. The van der Waals surface area contributed by atoms with Crippen LogP contribution in [0.1, 0.15) is 26.5 Å². The molecule has 15 heteroatoms. The number of esters is 1. The molecule has 232 valence electrons. The maximum absolute atomic E-state index is 13.9. The highest BCUT2D eigenvalue weighted by Crippen LogP contribution is 2.46. The summed E-state index contributed by atoms with van der Waals surface area (Å²) >= 11 is 0. The first kappa shape index (κ1) is 33.4. The Morgan fingerprint density at radius 3 is 2.57 bits per heavy atom. The summed E-state index contributed by atoms with van der Waals surface area (Å²) in [5.74, 6) is -0.136. The molecule has 0 aliphatic rings. The molecule has 3 aromatic rings. The first-order chi connectivity index (χ1) is 20.1. The summed E-state index contributed by atoms with van der Waals surface area (Å²) in [6.07, 6.45) is 0.291. The lowest BCUT2D eigenvalue weighted by atomic mass is 9.96. The Balaban J connectivity index is 1.66. The third-order valence-corrected chi connectivity index (χ3v) is 8.00. The normalized spacial score (nSPS) is 15.9. The van der Waals surface area contributed by atoms with E-state index in [1.807, 2.05) is 6.92 Å². The Morgan fingerprint density at radius 1 is 1.14 bits per heavy atom. The summed E-state index contributed by atoms with van der Waals surface area (Å²) in [5, 5.41) is 18.0. The van der Waals surface area contributed by atoms with Crippen LogP contribution < -0.4 is 15.3 Å². The second kappa shape index (κ2) is 15.9. The Bertz CT molecular complexity index is 1310. The molecule has 0 bridgehead atoms. The maximum Gasteiger partial charge on any atom is 0.459 e. The van der Waals surface area contributed by atoms with Gasteiger partial charge in [-0.1, -0.05) is 18.2 Å². The van der Waals surface area contributed by atoms with Gasteiger partial charge in [0.2, 0.25) is 0 Å². The van der Waals surface area contributed by atoms with Crippen LogP contribution in [0.4, 0.5) is 5.82 Å². The molecule has 2 aromatic heterocycles. The zero-order valence-corrected chi connectivity index (χ0v) is 25.2. The monoisotopic (exact) mass is 609 g/mol. The summed E-state index contributed by atoms with van der Waals surface area (Å²) in [6.45, 7) is 6.19. The molecule has 0 amide bonds. The molecule has 0 saturated heterocycles. The van der Waals surface area contributed by atoms with Gasteiger partial charge in [0.15, 0.2) is 5.82 Å². The van der Waals surface area contributed by atoms with E-state index in [4.69, 9.17) is 33.7 Å². The topological polar surface area (TPSA) is 178 Å². The number of methoxy groups -OCH3 is 1. The number of nitrogens with one attached hydrogen (secondary N) is 1. The fourth-order valence-corrected chi connectivity index (χ4v) is 5.36. The van der Waals surface area contributed by atoms with Crippen LogP contribution in [-0.4, -0.2) is 90.2 Å². The number of fused-ring (bicyclic) bond motifs is 1. The SMILES string of the molecule is CCOCCOCCOC(=O)[C@H](C)NP(=O)(OC[C@@](C)(OC)[C@@H](O)Cc1ccc2c(N)ncnn12)Oc1ccccc1. The Kier molecular flexibility index (Phi) is 12.7. The molecule has 14 nitrogen and oxygen atoms in total. The van der Waals surface area contributed by atoms with Crippen LogP contribution in [0.15, 0.2) is 48.8 Å². The molecule has 1 aromatic carbocycles. The van der Waals surface area contributed by atoms with E-state index in [0.29, 0.717) is 36.8 Å². The van der Waals surface area contributed by atoms with Crippen molar-refractivity contribution in [2.75, 3.05) is 52.5 Å². The number of aliphatic hydroxyl groups is 1. The van der Waals surface area contributed by atoms with Crippen molar-refractivity contribution < 1.29 is 42.5 Å². The quantitative estimate of drug-likeness (QED) is 0.103. The number of hydrogen-bond donors (Lipinski definition) is 3. The number of nitrogens with zero attached hydrogens (tertiary/aromatic N) is 3. The highest BCUT2D eigenvalue weighted by molar-refractivity contribution is 7.52. The van der Waals surface area contributed by atoms with Crippen LogP contribution in [0, 0.1) is 0 Å². The smallest absolute Gasteiger partial charge is 0.459 e. The average molecular weight is 610 g/mol. The fourth-order valence-electron chi connectivity index (χ4n) is 3.77. The van der Waals surface area contributed by atoms with Gasteiger partial charge < -0.3 is 34.3 Å². The number of hydrogen-bond acceptors (Lipinski definition) is 12. The number of anilines is 1. The minimum absolute atomic E-state index is 0.000602. The first-order valence-corrected chi connectivity index (χ1v) is 15.0. The number of rotatable bonds is 19. The van der Waals surface area contributed by atoms with Crippen molar-refractivity contribution in [2.24, 2.45) is 0 Å². The number of aromatic nitrogens is 3. The Morgan fingerprint density at radius 2 is 1.86 bits per heavy atom. The van der Waals surface area contributed by atoms with Gasteiger partial charge in [-0.15, -0.1) is 0 Å². The number of carbonyl (C=O) groups is 1. The summed E-state index contributed by atoms with van der Waals surface area (Å²) in [6, 6.07) is 10.8. The van der Waals surface area contributed by atoms with Crippen molar-refractivity contribution in [3.63, 3.8) is 0 Å². The van der Waals surface area contributed by atoms with Crippen molar-refractivity contribution >= 4 is 25.1 Å². The molecular formula is C27H40N5O9P. The summed E-state index contributed by atoms with van der Waals surface area (Å²) in [7, 11) is -2.81. The largest absolute Gasteiger partial charge is 0.462 e. The number of nitrogens with two attached hydrogens (primary N) is 1. The molecule has 42 heavy (non-hydrogen) atoms. The van der Waals surface area contributed by atoms with Gasteiger partial charge >= 0.3 is 13.7 Å². The lowest BCUT2D eigenvalue weighted by Gasteiger charge is -2.34. The molecule has 0 aliphatic carbocycles. The van der Waals surface area contributed by atoms with Gasteiger partial charge in [0.25, 0.3) is 0 Å². The van der Waals surface area contributed by atoms with E-state index < -0.39 is 31.5 Å². The van der Waals surface area contributed by atoms with E-state index >= 15 is 0 Å².